The van der Waals surface area contributed by atoms with Crippen molar-refractivity contribution in [3.8, 4) is 10.6 Å². The molecule has 0 saturated carbocycles. The van der Waals surface area contributed by atoms with Crippen LogP contribution in [0.25, 0.3) is 10.6 Å². The molecule has 0 saturated heterocycles. The first-order chi connectivity index (χ1) is 16.8. The highest BCUT2D eigenvalue weighted by molar-refractivity contribution is 7.89. The van der Waals surface area contributed by atoms with Crippen LogP contribution >= 0.6 is 11.3 Å². The molecule has 35 heavy (non-hydrogen) atoms. The van der Waals surface area contributed by atoms with Gasteiger partial charge < -0.3 is 9.30 Å². The van der Waals surface area contributed by atoms with Gasteiger partial charge in [0, 0.05) is 49.9 Å². The Morgan fingerprint density at radius 3 is 2.46 bits per heavy atom. The van der Waals surface area contributed by atoms with E-state index < -0.39 is 10.0 Å². The largest absolute Gasteiger partial charge is 0.469 e. The highest BCUT2D eigenvalue weighted by Gasteiger charge is 2.27. The van der Waals surface area contributed by atoms with Crippen molar-refractivity contribution in [2.45, 2.75) is 31.0 Å². The van der Waals surface area contributed by atoms with Gasteiger partial charge in [0.15, 0.2) is 5.03 Å². The van der Waals surface area contributed by atoms with Crippen molar-refractivity contribution >= 4 is 27.3 Å². The number of hydrogen-bond donors (Lipinski definition) is 0. The Labute approximate surface area is 208 Å². The molecule has 4 rings (SSSR count). The third-order valence-electron chi connectivity index (χ3n) is 5.47. The molecule has 0 fully saturated rings. The number of aromatic nitrogens is 3. The van der Waals surface area contributed by atoms with Crippen molar-refractivity contribution in [1.82, 2.24) is 18.8 Å². The standard InChI is InChI=1S/C25H26N4O4S2/c1-28-17-23(27-18-28)35(31,32)29(15-20-6-9-22(10-7-20)25-26-12-13-34-25)16-21-5-3-4-19(14-21)8-11-24(30)33-2/h3-7,9-10,12-14,17-18H,8,11,15-16H2,1-2H3. The van der Waals surface area contributed by atoms with Gasteiger partial charge in [-0.25, -0.2) is 18.4 Å². The molecule has 8 nitrogen and oxygen atoms in total. The quantitative estimate of drug-likeness (QED) is 0.299. The third kappa shape index (κ3) is 6.21. The molecule has 2 aromatic carbocycles. The fourth-order valence-electron chi connectivity index (χ4n) is 3.64. The van der Waals surface area contributed by atoms with Gasteiger partial charge in [0.05, 0.1) is 13.4 Å². The lowest BCUT2D eigenvalue weighted by molar-refractivity contribution is -0.140. The van der Waals surface area contributed by atoms with Gasteiger partial charge in [0.25, 0.3) is 10.0 Å². The van der Waals surface area contributed by atoms with E-state index in [1.807, 2.05) is 53.9 Å². The smallest absolute Gasteiger partial charge is 0.305 e. The monoisotopic (exact) mass is 510 g/mol. The molecule has 0 spiro atoms. The summed E-state index contributed by atoms with van der Waals surface area (Å²) in [4.78, 5) is 19.9. The van der Waals surface area contributed by atoms with Crippen LogP contribution < -0.4 is 0 Å². The zero-order valence-electron chi connectivity index (χ0n) is 19.5. The number of ether oxygens (including phenoxy) is 1. The van der Waals surface area contributed by atoms with Crippen LogP contribution in [0.4, 0.5) is 0 Å². The Morgan fingerprint density at radius 2 is 1.80 bits per heavy atom. The van der Waals surface area contributed by atoms with Gasteiger partial charge in [0.1, 0.15) is 5.01 Å². The molecule has 0 N–H and O–H groups in total. The van der Waals surface area contributed by atoms with E-state index in [0.717, 1.165) is 27.3 Å². The zero-order valence-corrected chi connectivity index (χ0v) is 21.1. The predicted molar refractivity (Wildman–Crippen MR) is 134 cm³/mol. The lowest BCUT2D eigenvalue weighted by Gasteiger charge is -2.22. The van der Waals surface area contributed by atoms with E-state index in [9.17, 15) is 13.2 Å². The van der Waals surface area contributed by atoms with Crippen LogP contribution in [0.3, 0.4) is 0 Å². The molecular weight excluding hydrogens is 484 g/mol. The molecule has 0 amide bonds. The molecule has 2 heterocycles. The number of rotatable bonds is 10. The topological polar surface area (TPSA) is 94.4 Å². The maximum absolute atomic E-state index is 13.5. The summed E-state index contributed by atoms with van der Waals surface area (Å²) < 4.78 is 34.8. The normalized spacial score (nSPS) is 11.6. The molecule has 0 unspecified atom stereocenters. The van der Waals surface area contributed by atoms with Gasteiger partial charge in [0.2, 0.25) is 0 Å². The Morgan fingerprint density at radius 1 is 1.06 bits per heavy atom. The van der Waals surface area contributed by atoms with Gasteiger partial charge >= 0.3 is 5.97 Å². The molecule has 0 bridgehead atoms. The first-order valence-electron chi connectivity index (χ1n) is 11.0. The number of carbonyl (C=O) groups excluding carboxylic acids is 1. The highest BCUT2D eigenvalue weighted by atomic mass is 32.2. The predicted octanol–water partition coefficient (Wildman–Crippen LogP) is 4.04. The molecular formula is C25H26N4O4S2. The van der Waals surface area contributed by atoms with E-state index in [1.54, 1.807) is 29.1 Å². The molecule has 2 aromatic heterocycles. The van der Waals surface area contributed by atoms with Crippen molar-refractivity contribution in [2.75, 3.05) is 7.11 Å². The number of esters is 1. The summed E-state index contributed by atoms with van der Waals surface area (Å²) in [6, 6.07) is 15.3. The van der Waals surface area contributed by atoms with Gasteiger partial charge in [-0.05, 0) is 23.1 Å². The molecule has 4 aromatic rings. The van der Waals surface area contributed by atoms with Crippen LogP contribution in [0.1, 0.15) is 23.1 Å². The first kappa shape index (κ1) is 24.8. The summed E-state index contributed by atoms with van der Waals surface area (Å²) in [6.45, 7) is 0.350. The molecule has 0 aliphatic heterocycles. The van der Waals surface area contributed by atoms with Crippen LogP contribution in [0.5, 0.6) is 0 Å². The Bertz CT molecular complexity index is 1380. The summed E-state index contributed by atoms with van der Waals surface area (Å²) in [5.41, 5.74) is 3.61. The second-order valence-electron chi connectivity index (χ2n) is 8.08. The second kappa shape index (κ2) is 10.9. The number of thiazole rings is 1. The minimum Gasteiger partial charge on any atom is -0.469 e. The van der Waals surface area contributed by atoms with Gasteiger partial charge in [-0.3, -0.25) is 4.79 Å². The van der Waals surface area contributed by atoms with Crippen LogP contribution in [0.2, 0.25) is 0 Å². The number of imidazole rings is 1. The fraction of sp³-hybridized carbons (Fsp3) is 0.240. The van der Waals surface area contributed by atoms with Crippen molar-refractivity contribution < 1.29 is 17.9 Å². The van der Waals surface area contributed by atoms with E-state index >= 15 is 0 Å². The molecule has 0 aliphatic rings. The average Bonchev–Trinajstić information content (AvgIpc) is 3.55. The van der Waals surface area contributed by atoms with Crippen molar-refractivity contribution in [1.29, 1.82) is 0 Å². The van der Waals surface area contributed by atoms with Crippen LogP contribution in [-0.2, 0) is 46.1 Å². The number of benzene rings is 2. The summed E-state index contributed by atoms with van der Waals surface area (Å²) in [5.74, 6) is -0.282. The van der Waals surface area contributed by atoms with Crippen molar-refractivity contribution in [3.63, 3.8) is 0 Å². The number of methoxy groups -OCH3 is 1. The molecule has 182 valence electrons. The third-order valence-corrected chi connectivity index (χ3v) is 7.97. The molecule has 0 radical (unpaired) electrons. The lowest BCUT2D eigenvalue weighted by Crippen LogP contribution is -2.30. The van der Waals surface area contributed by atoms with E-state index in [0.29, 0.717) is 6.42 Å². The number of nitrogens with zero attached hydrogens (tertiary/aromatic N) is 4. The Balaban J connectivity index is 1.59. The van der Waals surface area contributed by atoms with Crippen molar-refractivity contribution in [2.24, 2.45) is 7.05 Å². The van der Waals surface area contributed by atoms with Gasteiger partial charge in [-0.2, -0.15) is 4.31 Å². The number of sulfonamides is 1. The summed E-state index contributed by atoms with van der Waals surface area (Å²) in [6.07, 6.45) is 5.52. The minimum absolute atomic E-state index is 0.00116. The Hall–Kier alpha value is -3.34. The average molecular weight is 511 g/mol. The lowest BCUT2D eigenvalue weighted by atomic mass is 10.1. The van der Waals surface area contributed by atoms with Crippen LogP contribution in [0, 0.1) is 0 Å². The van der Waals surface area contributed by atoms with Crippen molar-refractivity contribution in [3.05, 3.63) is 89.3 Å². The maximum Gasteiger partial charge on any atom is 0.305 e. The maximum atomic E-state index is 13.5. The highest BCUT2D eigenvalue weighted by Crippen LogP contribution is 2.24. The van der Waals surface area contributed by atoms with Crippen LogP contribution in [0.15, 0.2) is 77.7 Å². The molecule has 0 aliphatic carbocycles. The van der Waals surface area contributed by atoms with Gasteiger partial charge in [-0.15, -0.1) is 11.3 Å². The van der Waals surface area contributed by atoms with Crippen LogP contribution in [-0.4, -0.2) is 40.3 Å². The molecule has 0 atom stereocenters. The Kier molecular flexibility index (Phi) is 7.74. The summed E-state index contributed by atoms with van der Waals surface area (Å²) in [5, 5.41) is 2.84. The minimum atomic E-state index is -3.86. The van der Waals surface area contributed by atoms with E-state index in [4.69, 9.17) is 4.74 Å². The zero-order chi connectivity index (χ0) is 24.8. The van der Waals surface area contributed by atoms with E-state index in [2.05, 4.69) is 9.97 Å². The number of carbonyl (C=O) groups is 1. The summed E-state index contributed by atoms with van der Waals surface area (Å²) >= 11 is 1.55. The molecule has 10 heteroatoms. The van der Waals surface area contributed by atoms with E-state index in [1.165, 1.54) is 23.9 Å². The van der Waals surface area contributed by atoms with E-state index in [-0.39, 0.29) is 30.5 Å². The first-order valence-corrected chi connectivity index (χ1v) is 13.3. The second-order valence-corrected chi connectivity index (χ2v) is 10.9. The summed E-state index contributed by atoms with van der Waals surface area (Å²) in [7, 11) is -0.757. The van der Waals surface area contributed by atoms with Gasteiger partial charge in [-0.1, -0.05) is 48.5 Å². The number of hydrogen-bond acceptors (Lipinski definition) is 7. The number of aryl methyl sites for hydroxylation is 2. The fourth-order valence-corrected chi connectivity index (χ4v) is 5.67. The SMILES string of the molecule is COC(=O)CCc1cccc(CN(Cc2ccc(-c3nccs3)cc2)S(=O)(=O)c2cn(C)cn2)c1.